The Kier molecular flexibility index (Phi) is 4.80. The monoisotopic (exact) mass is 344 g/mol. The molecular weight excluding hydrogens is 331 g/mol. The van der Waals surface area contributed by atoms with Crippen LogP contribution in [0.25, 0.3) is 5.69 Å². The van der Waals surface area contributed by atoms with E-state index in [4.69, 9.17) is 0 Å². The van der Waals surface area contributed by atoms with Gasteiger partial charge in [0.05, 0.1) is 11.4 Å². The van der Waals surface area contributed by atoms with Gasteiger partial charge in [0.1, 0.15) is 11.6 Å². The van der Waals surface area contributed by atoms with Crippen molar-refractivity contribution in [3.63, 3.8) is 0 Å². The predicted octanol–water partition coefficient (Wildman–Crippen LogP) is 2.24. The van der Waals surface area contributed by atoms with Crippen molar-refractivity contribution in [2.45, 2.75) is 12.1 Å². The van der Waals surface area contributed by atoms with Crippen molar-refractivity contribution in [2.24, 2.45) is 0 Å². The molecule has 3 aromatic rings. The van der Waals surface area contributed by atoms with E-state index in [1.807, 2.05) is 19.1 Å². The van der Waals surface area contributed by atoms with E-state index in [0.29, 0.717) is 16.7 Å². The largest absolute Gasteiger partial charge is 0.310 e. The SMILES string of the molecule is Cc1cccc(NC(=O)CSc2nnnn2-c2ccc(F)cc2)n1. The summed E-state index contributed by atoms with van der Waals surface area (Å²) in [4.78, 5) is 16.2. The first-order valence-corrected chi connectivity index (χ1v) is 8.01. The molecule has 0 unspecified atom stereocenters. The van der Waals surface area contributed by atoms with E-state index in [-0.39, 0.29) is 17.5 Å². The molecule has 3 rings (SSSR count). The summed E-state index contributed by atoms with van der Waals surface area (Å²) in [5.41, 5.74) is 1.44. The molecule has 7 nitrogen and oxygen atoms in total. The topological polar surface area (TPSA) is 85.6 Å². The van der Waals surface area contributed by atoms with Gasteiger partial charge in [-0.3, -0.25) is 4.79 Å². The highest BCUT2D eigenvalue weighted by Crippen LogP contribution is 2.18. The molecular formula is C15H13FN6OS. The number of aromatic nitrogens is 5. The van der Waals surface area contributed by atoms with E-state index >= 15 is 0 Å². The summed E-state index contributed by atoms with van der Waals surface area (Å²) in [7, 11) is 0. The quantitative estimate of drug-likeness (QED) is 0.715. The molecule has 0 spiro atoms. The summed E-state index contributed by atoms with van der Waals surface area (Å²) in [5.74, 6) is 0.0635. The second kappa shape index (κ2) is 7.18. The number of hydrogen-bond acceptors (Lipinski definition) is 6. The summed E-state index contributed by atoms with van der Waals surface area (Å²) in [6.45, 7) is 1.85. The number of amides is 1. The number of thioether (sulfide) groups is 1. The molecule has 0 saturated heterocycles. The number of pyridine rings is 1. The van der Waals surface area contributed by atoms with Crippen molar-refractivity contribution in [3.05, 3.63) is 54.0 Å². The molecule has 0 aliphatic heterocycles. The standard InChI is InChI=1S/C15H13FN6OS/c1-10-3-2-4-13(17-10)18-14(23)9-24-15-19-20-21-22(15)12-7-5-11(16)6-8-12/h2-8H,9H2,1H3,(H,17,18,23). The van der Waals surface area contributed by atoms with Crippen molar-refractivity contribution in [1.82, 2.24) is 25.2 Å². The van der Waals surface area contributed by atoms with Gasteiger partial charge < -0.3 is 5.32 Å². The van der Waals surface area contributed by atoms with E-state index in [2.05, 4.69) is 25.8 Å². The molecule has 2 heterocycles. The van der Waals surface area contributed by atoms with Crippen LogP contribution in [0.15, 0.2) is 47.6 Å². The van der Waals surface area contributed by atoms with Crippen LogP contribution in [0.2, 0.25) is 0 Å². The smallest absolute Gasteiger partial charge is 0.236 e. The van der Waals surface area contributed by atoms with Gasteiger partial charge in [-0.05, 0) is 53.7 Å². The molecule has 1 amide bonds. The van der Waals surface area contributed by atoms with Crippen molar-refractivity contribution in [2.75, 3.05) is 11.1 Å². The predicted molar refractivity (Wildman–Crippen MR) is 87.4 cm³/mol. The van der Waals surface area contributed by atoms with Gasteiger partial charge in [0.25, 0.3) is 0 Å². The fourth-order valence-corrected chi connectivity index (χ4v) is 2.63. The van der Waals surface area contributed by atoms with Crippen molar-refractivity contribution in [1.29, 1.82) is 0 Å². The fraction of sp³-hybridized carbons (Fsp3) is 0.133. The van der Waals surface area contributed by atoms with Crippen molar-refractivity contribution >= 4 is 23.5 Å². The summed E-state index contributed by atoms with van der Waals surface area (Å²) >= 11 is 1.18. The van der Waals surface area contributed by atoms with Crippen molar-refractivity contribution < 1.29 is 9.18 Å². The first-order valence-electron chi connectivity index (χ1n) is 7.02. The maximum Gasteiger partial charge on any atom is 0.236 e. The molecule has 0 saturated carbocycles. The second-order valence-electron chi connectivity index (χ2n) is 4.85. The average molecular weight is 344 g/mol. The first-order chi connectivity index (χ1) is 11.6. The minimum atomic E-state index is -0.342. The van der Waals surface area contributed by atoms with Crippen LogP contribution >= 0.6 is 11.8 Å². The van der Waals surface area contributed by atoms with Gasteiger partial charge in [0, 0.05) is 5.69 Å². The molecule has 2 aromatic heterocycles. The van der Waals surface area contributed by atoms with Gasteiger partial charge in [-0.25, -0.2) is 9.37 Å². The lowest BCUT2D eigenvalue weighted by molar-refractivity contribution is -0.113. The van der Waals surface area contributed by atoms with Crippen LogP contribution in [-0.4, -0.2) is 36.9 Å². The number of benzene rings is 1. The number of nitrogens with one attached hydrogen (secondary N) is 1. The van der Waals surface area contributed by atoms with Crippen LogP contribution in [0.5, 0.6) is 0 Å². The van der Waals surface area contributed by atoms with Crippen LogP contribution < -0.4 is 5.32 Å². The fourth-order valence-electron chi connectivity index (χ4n) is 1.93. The molecule has 0 radical (unpaired) electrons. The minimum Gasteiger partial charge on any atom is -0.310 e. The molecule has 122 valence electrons. The van der Waals surface area contributed by atoms with E-state index in [0.717, 1.165) is 5.69 Å². The lowest BCUT2D eigenvalue weighted by atomic mass is 10.3. The van der Waals surface area contributed by atoms with E-state index < -0.39 is 0 Å². The number of anilines is 1. The Labute approximate surface area is 141 Å². The number of carbonyl (C=O) groups excluding carboxylic acids is 1. The number of tetrazole rings is 1. The molecule has 0 fully saturated rings. The van der Waals surface area contributed by atoms with E-state index in [1.54, 1.807) is 18.2 Å². The Hall–Kier alpha value is -2.81. The van der Waals surface area contributed by atoms with Crippen molar-refractivity contribution in [3.8, 4) is 5.69 Å². The number of aryl methyl sites for hydroxylation is 1. The average Bonchev–Trinajstić information content (AvgIpc) is 3.02. The Morgan fingerprint density at radius 2 is 2.04 bits per heavy atom. The van der Waals surface area contributed by atoms with Crippen LogP contribution in [-0.2, 0) is 4.79 Å². The van der Waals surface area contributed by atoms with Crippen LogP contribution in [0, 0.1) is 12.7 Å². The summed E-state index contributed by atoms with van der Waals surface area (Å²) in [5, 5.41) is 14.5. The highest BCUT2D eigenvalue weighted by Gasteiger charge is 2.12. The molecule has 1 aromatic carbocycles. The lowest BCUT2D eigenvalue weighted by Gasteiger charge is -2.05. The second-order valence-corrected chi connectivity index (χ2v) is 5.79. The van der Waals surface area contributed by atoms with Gasteiger partial charge in [0.15, 0.2) is 0 Å². The third-order valence-corrected chi connectivity index (χ3v) is 3.92. The van der Waals surface area contributed by atoms with Gasteiger partial charge in [0.2, 0.25) is 11.1 Å². The van der Waals surface area contributed by atoms with Gasteiger partial charge in [-0.15, -0.1) is 5.10 Å². The molecule has 9 heteroatoms. The van der Waals surface area contributed by atoms with Gasteiger partial charge in [-0.2, -0.15) is 4.68 Å². The molecule has 0 bridgehead atoms. The molecule has 0 aliphatic carbocycles. The van der Waals surface area contributed by atoms with Crippen LogP contribution in [0.4, 0.5) is 10.2 Å². The molecule has 1 N–H and O–H groups in total. The maximum atomic E-state index is 13.0. The van der Waals surface area contributed by atoms with Crippen LogP contribution in [0.1, 0.15) is 5.69 Å². The first kappa shape index (κ1) is 16.1. The number of halogens is 1. The third-order valence-electron chi connectivity index (χ3n) is 3.00. The molecule has 24 heavy (non-hydrogen) atoms. The Bertz CT molecular complexity index is 851. The number of hydrogen-bond donors (Lipinski definition) is 1. The minimum absolute atomic E-state index is 0.122. The highest BCUT2D eigenvalue weighted by atomic mass is 32.2. The summed E-state index contributed by atoms with van der Waals surface area (Å²) in [6, 6.07) is 11.2. The van der Waals surface area contributed by atoms with Crippen LogP contribution in [0.3, 0.4) is 0 Å². The normalized spacial score (nSPS) is 10.6. The zero-order valence-electron chi connectivity index (χ0n) is 12.7. The number of rotatable bonds is 5. The van der Waals surface area contributed by atoms with E-state index in [9.17, 15) is 9.18 Å². The Morgan fingerprint density at radius 1 is 1.25 bits per heavy atom. The third kappa shape index (κ3) is 3.93. The van der Waals surface area contributed by atoms with E-state index in [1.165, 1.54) is 28.6 Å². The molecule has 0 aliphatic rings. The Morgan fingerprint density at radius 3 is 2.79 bits per heavy atom. The Balaban J connectivity index is 1.64. The highest BCUT2D eigenvalue weighted by molar-refractivity contribution is 7.99. The number of nitrogens with zero attached hydrogens (tertiary/aromatic N) is 5. The summed E-state index contributed by atoms with van der Waals surface area (Å²) < 4.78 is 14.4. The van der Waals surface area contributed by atoms with Gasteiger partial charge >= 0.3 is 0 Å². The number of carbonyl (C=O) groups is 1. The summed E-state index contributed by atoms with van der Waals surface area (Å²) in [6.07, 6.45) is 0. The zero-order valence-corrected chi connectivity index (χ0v) is 13.5. The van der Waals surface area contributed by atoms with Gasteiger partial charge in [-0.1, -0.05) is 17.8 Å². The zero-order chi connectivity index (χ0) is 16.9. The maximum absolute atomic E-state index is 13.0. The lowest BCUT2D eigenvalue weighted by Crippen LogP contribution is -2.15. The molecule has 0 atom stereocenters.